The first kappa shape index (κ1) is 25.7. The van der Waals surface area contributed by atoms with E-state index >= 15 is 0 Å². The van der Waals surface area contributed by atoms with Gasteiger partial charge in [-0.2, -0.15) is 5.26 Å². The van der Waals surface area contributed by atoms with E-state index in [1.54, 1.807) is 7.05 Å². The van der Waals surface area contributed by atoms with Crippen LogP contribution >= 0.6 is 0 Å². The molecule has 3 aromatic rings. The summed E-state index contributed by atoms with van der Waals surface area (Å²) in [5.41, 5.74) is 4.58. The quantitative estimate of drug-likeness (QED) is 0.418. The van der Waals surface area contributed by atoms with Crippen molar-refractivity contribution >= 4 is 17.4 Å². The van der Waals surface area contributed by atoms with Crippen molar-refractivity contribution < 1.29 is 4.79 Å². The summed E-state index contributed by atoms with van der Waals surface area (Å²) in [7, 11) is 1.65. The molecule has 1 aromatic heterocycles. The third-order valence-corrected chi connectivity index (χ3v) is 7.78. The number of piperidine rings is 1. The standard InChI is InChI=1S/C31H36N6O/c1-33-31(38)25-7-4-6-23(18-25)24-15-16-34-30(19-24)36-29-10-3-2-9-28(29)35-26-8-5-17-37(21-26)27-13-11-22(20-32)12-14-27/h4,6-7,11-16,18-19,26,28-29,35H,2-3,5,8-10,17,21H2,1H3,(H,33,38)(H,34,36)/t26-,28+,29+/m0/s1. The number of pyridine rings is 1. The summed E-state index contributed by atoms with van der Waals surface area (Å²) in [6.07, 6.45) is 8.88. The van der Waals surface area contributed by atoms with Gasteiger partial charge in [-0.25, -0.2) is 4.98 Å². The van der Waals surface area contributed by atoms with Crippen LogP contribution in [0.3, 0.4) is 0 Å². The summed E-state index contributed by atoms with van der Waals surface area (Å²) in [4.78, 5) is 19.2. The van der Waals surface area contributed by atoms with Crippen molar-refractivity contribution in [3.8, 4) is 17.2 Å². The number of carbonyl (C=O) groups is 1. The van der Waals surface area contributed by atoms with Crippen molar-refractivity contribution in [1.29, 1.82) is 5.26 Å². The number of nitriles is 1. The second-order valence-corrected chi connectivity index (χ2v) is 10.3. The molecule has 3 N–H and O–H groups in total. The van der Waals surface area contributed by atoms with E-state index in [-0.39, 0.29) is 5.91 Å². The van der Waals surface area contributed by atoms with Gasteiger partial charge in [0, 0.05) is 55.7 Å². The number of nitrogens with one attached hydrogen (secondary N) is 3. The predicted octanol–water partition coefficient (Wildman–Crippen LogP) is 4.96. The summed E-state index contributed by atoms with van der Waals surface area (Å²) in [6.45, 7) is 2.03. The number of carbonyl (C=O) groups excluding carboxylic acids is 1. The minimum atomic E-state index is -0.0872. The van der Waals surface area contributed by atoms with Gasteiger partial charge in [0.15, 0.2) is 0 Å². The zero-order valence-corrected chi connectivity index (χ0v) is 22.0. The van der Waals surface area contributed by atoms with E-state index < -0.39 is 0 Å². The molecule has 1 aliphatic carbocycles. The first-order valence-corrected chi connectivity index (χ1v) is 13.7. The molecule has 2 heterocycles. The number of hydrogen-bond donors (Lipinski definition) is 3. The highest BCUT2D eigenvalue weighted by atomic mass is 16.1. The smallest absolute Gasteiger partial charge is 0.251 e. The van der Waals surface area contributed by atoms with Crippen molar-refractivity contribution in [1.82, 2.24) is 15.6 Å². The summed E-state index contributed by atoms with van der Waals surface area (Å²) >= 11 is 0. The van der Waals surface area contributed by atoms with E-state index in [1.807, 2.05) is 48.7 Å². The highest BCUT2D eigenvalue weighted by molar-refractivity contribution is 5.95. The van der Waals surface area contributed by atoms with Gasteiger partial charge in [0.05, 0.1) is 11.6 Å². The normalized spacial score (nSPS) is 21.4. The fraction of sp³-hybridized carbons (Fsp3) is 0.387. The van der Waals surface area contributed by atoms with Crippen LogP contribution in [0, 0.1) is 11.3 Å². The Labute approximate surface area is 225 Å². The van der Waals surface area contributed by atoms with Crippen molar-refractivity contribution in [3.05, 3.63) is 78.0 Å². The van der Waals surface area contributed by atoms with Gasteiger partial charge in [-0.1, -0.05) is 25.0 Å². The number of benzene rings is 2. The van der Waals surface area contributed by atoms with Gasteiger partial charge in [-0.05, 0) is 85.3 Å². The van der Waals surface area contributed by atoms with E-state index in [0.29, 0.717) is 29.3 Å². The molecule has 0 unspecified atom stereocenters. The Bertz CT molecular complexity index is 1280. The lowest BCUT2D eigenvalue weighted by Gasteiger charge is -2.40. The molecule has 1 amide bonds. The lowest BCUT2D eigenvalue weighted by molar-refractivity contribution is 0.0963. The topological polar surface area (TPSA) is 93.1 Å². The molecule has 2 aliphatic rings. The molecule has 7 nitrogen and oxygen atoms in total. The molecule has 7 heteroatoms. The van der Waals surface area contributed by atoms with Crippen LogP contribution in [0.4, 0.5) is 11.5 Å². The first-order valence-electron chi connectivity index (χ1n) is 13.7. The Morgan fingerprint density at radius 1 is 0.974 bits per heavy atom. The van der Waals surface area contributed by atoms with Gasteiger partial charge < -0.3 is 20.9 Å². The van der Waals surface area contributed by atoms with Crippen LogP contribution in [0.2, 0.25) is 0 Å². The van der Waals surface area contributed by atoms with Crippen LogP contribution in [0.15, 0.2) is 66.9 Å². The lowest BCUT2D eigenvalue weighted by Crippen LogP contribution is -2.54. The van der Waals surface area contributed by atoms with Crippen LogP contribution in [-0.4, -0.2) is 49.2 Å². The molecule has 0 spiro atoms. The van der Waals surface area contributed by atoms with Crippen molar-refractivity contribution in [2.24, 2.45) is 0 Å². The summed E-state index contributed by atoms with van der Waals surface area (Å²) < 4.78 is 0. The molecular formula is C31H36N6O. The molecule has 2 aromatic carbocycles. The third kappa shape index (κ3) is 6.15. The zero-order chi connectivity index (χ0) is 26.3. The first-order chi connectivity index (χ1) is 18.6. The molecule has 38 heavy (non-hydrogen) atoms. The Kier molecular flexibility index (Phi) is 8.20. The molecule has 0 radical (unpaired) electrons. The third-order valence-electron chi connectivity index (χ3n) is 7.78. The molecular weight excluding hydrogens is 472 g/mol. The molecule has 196 valence electrons. The molecule has 3 atom stereocenters. The van der Waals surface area contributed by atoms with Crippen LogP contribution in [0.25, 0.3) is 11.1 Å². The molecule has 1 aliphatic heterocycles. The predicted molar refractivity (Wildman–Crippen MR) is 152 cm³/mol. The molecule has 2 fully saturated rings. The number of rotatable bonds is 7. The maximum Gasteiger partial charge on any atom is 0.251 e. The van der Waals surface area contributed by atoms with Crippen molar-refractivity contribution in [3.63, 3.8) is 0 Å². The van der Waals surface area contributed by atoms with Gasteiger partial charge in [-0.3, -0.25) is 4.79 Å². The summed E-state index contributed by atoms with van der Waals surface area (Å²) in [5.74, 6) is 0.783. The van der Waals surface area contributed by atoms with Crippen LogP contribution < -0.4 is 20.9 Å². The van der Waals surface area contributed by atoms with Gasteiger partial charge in [-0.15, -0.1) is 0 Å². The van der Waals surface area contributed by atoms with Gasteiger partial charge >= 0.3 is 0 Å². The monoisotopic (exact) mass is 508 g/mol. The van der Waals surface area contributed by atoms with E-state index in [4.69, 9.17) is 5.26 Å². The maximum atomic E-state index is 12.1. The van der Waals surface area contributed by atoms with E-state index in [0.717, 1.165) is 49.3 Å². The fourth-order valence-electron chi connectivity index (χ4n) is 5.76. The van der Waals surface area contributed by atoms with Crippen LogP contribution in [-0.2, 0) is 0 Å². The van der Waals surface area contributed by atoms with E-state index in [2.05, 4.69) is 50.1 Å². The van der Waals surface area contributed by atoms with Crippen molar-refractivity contribution in [2.45, 2.75) is 56.7 Å². The minimum Gasteiger partial charge on any atom is -0.370 e. The maximum absolute atomic E-state index is 12.1. The average Bonchev–Trinajstić information content (AvgIpc) is 2.98. The Morgan fingerprint density at radius 3 is 2.55 bits per heavy atom. The Balaban J connectivity index is 1.25. The van der Waals surface area contributed by atoms with E-state index in [9.17, 15) is 4.79 Å². The molecule has 5 rings (SSSR count). The zero-order valence-electron chi connectivity index (χ0n) is 22.0. The van der Waals surface area contributed by atoms with E-state index in [1.165, 1.54) is 24.9 Å². The fourth-order valence-corrected chi connectivity index (χ4v) is 5.76. The largest absolute Gasteiger partial charge is 0.370 e. The summed E-state index contributed by atoms with van der Waals surface area (Å²) in [5, 5.41) is 19.5. The number of nitrogens with zero attached hydrogens (tertiary/aromatic N) is 3. The van der Waals surface area contributed by atoms with Crippen molar-refractivity contribution in [2.75, 3.05) is 30.4 Å². The Morgan fingerprint density at radius 2 is 1.76 bits per heavy atom. The number of amides is 1. The van der Waals surface area contributed by atoms with Crippen LogP contribution in [0.1, 0.15) is 54.4 Å². The molecule has 1 saturated heterocycles. The van der Waals surface area contributed by atoms with Crippen LogP contribution in [0.5, 0.6) is 0 Å². The second-order valence-electron chi connectivity index (χ2n) is 10.3. The van der Waals surface area contributed by atoms with Gasteiger partial charge in [0.2, 0.25) is 0 Å². The summed E-state index contributed by atoms with van der Waals surface area (Å²) in [6, 6.07) is 23.0. The second kappa shape index (κ2) is 12.1. The highest BCUT2D eigenvalue weighted by Gasteiger charge is 2.29. The highest BCUT2D eigenvalue weighted by Crippen LogP contribution is 2.27. The van der Waals surface area contributed by atoms with Gasteiger partial charge in [0.1, 0.15) is 5.82 Å². The molecule has 0 bridgehead atoms. The number of hydrogen-bond acceptors (Lipinski definition) is 6. The number of anilines is 2. The number of aromatic nitrogens is 1. The molecule has 1 saturated carbocycles. The van der Waals surface area contributed by atoms with Gasteiger partial charge in [0.25, 0.3) is 5.91 Å². The minimum absolute atomic E-state index is 0.0872. The average molecular weight is 509 g/mol. The Hall–Kier alpha value is -3.89. The SMILES string of the molecule is CNC(=O)c1cccc(-c2ccnc(N[C@@H]3CCCC[C@H]3N[C@H]3CCCN(c4ccc(C#N)cc4)C3)c2)c1. The lowest BCUT2D eigenvalue weighted by atomic mass is 9.89.